The molecule has 0 spiro atoms. The molecule has 4 heteroatoms. The Morgan fingerprint density at radius 3 is 2.42 bits per heavy atom. The Kier molecular flexibility index (Phi) is 3.48. The first-order chi connectivity index (χ1) is 9.15. The van der Waals surface area contributed by atoms with Crippen molar-refractivity contribution in [3.05, 3.63) is 70.5 Å². The Labute approximate surface area is 108 Å². The quantitative estimate of drug-likeness (QED) is 0.624. The van der Waals surface area contributed by atoms with Crippen LogP contribution in [0.2, 0.25) is 0 Å². The van der Waals surface area contributed by atoms with Gasteiger partial charge in [0.05, 0.1) is 11.6 Å². The lowest BCUT2D eigenvalue weighted by atomic mass is 9.97. The zero-order valence-corrected chi connectivity index (χ0v) is 9.76. The molecule has 2 rings (SSSR count). The van der Waals surface area contributed by atoms with Gasteiger partial charge in [-0.3, -0.25) is 9.59 Å². The first-order valence-electron chi connectivity index (χ1n) is 5.45. The molecule has 0 amide bonds. The molecule has 0 radical (unpaired) electrons. The molecule has 0 N–H and O–H groups in total. The predicted octanol–water partition coefficient (Wildman–Crippen LogP) is 2.74. The van der Waals surface area contributed by atoms with Crippen molar-refractivity contribution in [2.24, 2.45) is 0 Å². The highest BCUT2D eigenvalue weighted by Crippen LogP contribution is 2.15. The Morgan fingerprint density at radius 2 is 1.84 bits per heavy atom. The summed E-state index contributed by atoms with van der Waals surface area (Å²) in [6.07, 6.45) is 0.525. The van der Waals surface area contributed by atoms with Gasteiger partial charge in [0.2, 0.25) is 0 Å². The van der Waals surface area contributed by atoms with E-state index in [1.54, 1.807) is 0 Å². The molecular formula is C15H8FNO2. The van der Waals surface area contributed by atoms with Crippen molar-refractivity contribution < 1.29 is 14.0 Å². The Morgan fingerprint density at radius 1 is 1.16 bits per heavy atom. The van der Waals surface area contributed by atoms with Crippen molar-refractivity contribution in [1.82, 2.24) is 0 Å². The fourth-order valence-corrected chi connectivity index (χ4v) is 1.69. The summed E-state index contributed by atoms with van der Waals surface area (Å²) in [5.74, 6) is -0.821. The summed E-state index contributed by atoms with van der Waals surface area (Å²) in [5.41, 5.74) is 0.931. The number of ketones is 1. The van der Waals surface area contributed by atoms with E-state index in [9.17, 15) is 14.0 Å². The van der Waals surface area contributed by atoms with Crippen molar-refractivity contribution >= 4 is 12.1 Å². The number of nitrogens with zero attached hydrogens (tertiary/aromatic N) is 1. The first kappa shape index (κ1) is 12.7. The highest BCUT2D eigenvalue weighted by Gasteiger charge is 2.14. The molecule has 19 heavy (non-hydrogen) atoms. The normalized spacial score (nSPS) is 9.68. The molecule has 0 saturated carbocycles. The molecule has 0 bridgehead atoms. The monoisotopic (exact) mass is 253 g/mol. The standard InChI is InChI=1S/C15H8FNO2/c16-13-4-2-11(3-5-13)15(19)14-6-1-10(8-17)7-12(14)9-18/h1-7,9H. The number of halogens is 1. The van der Waals surface area contributed by atoms with Gasteiger partial charge in [-0.1, -0.05) is 0 Å². The predicted molar refractivity (Wildman–Crippen MR) is 66.4 cm³/mol. The third-order valence-electron chi connectivity index (χ3n) is 2.66. The second-order valence-electron chi connectivity index (χ2n) is 3.87. The summed E-state index contributed by atoms with van der Waals surface area (Å²) in [6.45, 7) is 0. The van der Waals surface area contributed by atoms with Crippen LogP contribution in [0.15, 0.2) is 42.5 Å². The first-order valence-corrected chi connectivity index (χ1v) is 5.45. The minimum Gasteiger partial charge on any atom is -0.298 e. The maximum atomic E-state index is 12.8. The van der Waals surface area contributed by atoms with Crippen LogP contribution in [0.1, 0.15) is 31.8 Å². The lowest BCUT2D eigenvalue weighted by Crippen LogP contribution is -2.05. The molecule has 2 aromatic rings. The molecule has 2 aromatic carbocycles. The third-order valence-corrected chi connectivity index (χ3v) is 2.66. The lowest BCUT2D eigenvalue weighted by molar-refractivity contribution is 0.102. The van der Waals surface area contributed by atoms with Crippen LogP contribution >= 0.6 is 0 Å². The molecule has 0 atom stereocenters. The Bertz CT molecular complexity index is 684. The van der Waals surface area contributed by atoms with Gasteiger partial charge in [0, 0.05) is 16.7 Å². The van der Waals surface area contributed by atoms with Crippen LogP contribution in [0.5, 0.6) is 0 Å². The topological polar surface area (TPSA) is 57.9 Å². The number of rotatable bonds is 3. The van der Waals surface area contributed by atoms with Gasteiger partial charge >= 0.3 is 0 Å². The number of carbonyl (C=O) groups excluding carboxylic acids is 2. The largest absolute Gasteiger partial charge is 0.298 e. The van der Waals surface area contributed by atoms with Crippen molar-refractivity contribution in [2.45, 2.75) is 0 Å². The van der Waals surface area contributed by atoms with E-state index in [4.69, 9.17) is 5.26 Å². The van der Waals surface area contributed by atoms with E-state index in [0.29, 0.717) is 11.8 Å². The molecule has 0 saturated heterocycles. The van der Waals surface area contributed by atoms with Gasteiger partial charge < -0.3 is 0 Å². The van der Waals surface area contributed by atoms with E-state index >= 15 is 0 Å². The fraction of sp³-hybridized carbons (Fsp3) is 0. The van der Waals surface area contributed by atoms with Crippen LogP contribution in [0.3, 0.4) is 0 Å². The molecule has 0 aromatic heterocycles. The molecule has 92 valence electrons. The Balaban J connectivity index is 2.47. The minimum absolute atomic E-state index is 0.147. The zero-order valence-electron chi connectivity index (χ0n) is 9.76. The molecule has 0 fully saturated rings. The van der Waals surface area contributed by atoms with Gasteiger partial charge in [0.15, 0.2) is 12.1 Å². The van der Waals surface area contributed by atoms with Crippen LogP contribution < -0.4 is 0 Å². The maximum absolute atomic E-state index is 12.8. The highest BCUT2D eigenvalue weighted by atomic mass is 19.1. The van der Waals surface area contributed by atoms with Gasteiger partial charge in [0.25, 0.3) is 0 Å². The van der Waals surface area contributed by atoms with Crippen molar-refractivity contribution in [3.8, 4) is 6.07 Å². The molecular weight excluding hydrogens is 245 g/mol. The second kappa shape index (κ2) is 5.23. The zero-order chi connectivity index (χ0) is 13.8. The average molecular weight is 253 g/mol. The molecule has 0 aliphatic heterocycles. The van der Waals surface area contributed by atoms with E-state index in [1.807, 2.05) is 6.07 Å². The summed E-state index contributed by atoms with van der Waals surface area (Å²) < 4.78 is 12.8. The van der Waals surface area contributed by atoms with Gasteiger partial charge in [-0.15, -0.1) is 0 Å². The van der Waals surface area contributed by atoms with Crippen LogP contribution in [-0.2, 0) is 0 Å². The lowest BCUT2D eigenvalue weighted by Gasteiger charge is -2.04. The maximum Gasteiger partial charge on any atom is 0.193 e. The van der Waals surface area contributed by atoms with E-state index in [-0.39, 0.29) is 22.5 Å². The Hall–Kier alpha value is -2.80. The highest BCUT2D eigenvalue weighted by molar-refractivity contribution is 6.12. The number of aldehydes is 1. The van der Waals surface area contributed by atoms with Crippen molar-refractivity contribution in [2.75, 3.05) is 0 Å². The summed E-state index contributed by atoms with van der Waals surface area (Å²) in [7, 11) is 0. The summed E-state index contributed by atoms with van der Waals surface area (Å²) >= 11 is 0. The van der Waals surface area contributed by atoms with Crippen molar-refractivity contribution in [3.63, 3.8) is 0 Å². The molecule has 0 unspecified atom stereocenters. The number of hydrogen-bond donors (Lipinski definition) is 0. The summed E-state index contributed by atoms with van der Waals surface area (Å²) in [6, 6.07) is 11.2. The number of benzene rings is 2. The smallest absolute Gasteiger partial charge is 0.193 e. The SMILES string of the molecule is N#Cc1ccc(C(=O)c2ccc(F)cc2)c(C=O)c1. The molecule has 0 aliphatic carbocycles. The molecule has 3 nitrogen and oxygen atoms in total. The average Bonchev–Trinajstić information content (AvgIpc) is 2.46. The third kappa shape index (κ3) is 2.55. The van der Waals surface area contributed by atoms with E-state index < -0.39 is 5.82 Å². The van der Waals surface area contributed by atoms with E-state index in [2.05, 4.69) is 0 Å². The molecule has 0 heterocycles. The second-order valence-corrected chi connectivity index (χ2v) is 3.87. The number of carbonyl (C=O) groups is 2. The minimum atomic E-state index is -0.438. The summed E-state index contributed by atoms with van der Waals surface area (Å²) in [5, 5.41) is 8.74. The fourth-order valence-electron chi connectivity index (χ4n) is 1.69. The summed E-state index contributed by atoms with van der Waals surface area (Å²) in [4.78, 5) is 23.1. The molecule has 0 aliphatic rings. The van der Waals surface area contributed by atoms with Crippen LogP contribution in [0.4, 0.5) is 4.39 Å². The van der Waals surface area contributed by atoms with Crippen molar-refractivity contribution in [1.29, 1.82) is 5.26 Å². The van der Waals surface area contributed by atoms with Crippen LogP contribution in [0, 0.1) is 17.1 Å². The van der Waals surface area contributed by atoms with Gasteiger partial charge in [-0.2, -0.15) is 5.26 Å². The number of nitriles is 1. The van der Waals surface area contributed by atoms with E-state index in [0.717, 1.165) is 0 Å². The van der Waals surface area contributed by atoms with Gasteiger partial charge in [0.1, 0.15) is 5.82 Å². The number of hydrogen-bond acceptors (Lipinski definition) is 3. The van der Waals surface area contributed by atoms with Crippen LogP contribution in [-0.4, -0.2) is 12.1 Å². The van der Waals surface area contributed by atoms with Crippen LogP contribution in [0.25, 0.3) is 0 Å². The van der Waals surface area contributed by atoms with E-state index in [1.165, 1.54) is 42.5 Å². The van der Waals surface area contributed by atoms with Gasteiger partial charge in [-0.05, 0) is 42.5 Å². The van der Waals surface area contributed by atoms with Gasteiger partial charge in [-0.25, -0.2) is 4.39 Å².